The van der Waals surface area contributed by atoms with Crippen LogP contribution >= 0.6 is 7.60 Å². The van der Waals surface area contributed by atoms with E-state index in [1.165, 1.54) is 14.2 Å². The number of carbonyl (C=O) groups excluding carboxylic acids is 3. The third-order valence-electron chi connectivity index (χ3n) is 8.38. The minimum absolute atomic E-state index is 0.0968. The average Bonchev–Trinajstić information content (AvgIpc) is 2.99. The first-order chi connectivity index (χ1) is 20.0. The van der Waals surface area contributed by atoms with Gasteiger partial charge in [-0.1, -0.05) is 58.0 Å². The van der Waals surface area contributed by atoms with Crippen molar-refractivity contribution >= 4 is 25.6 Å². The van der Waals surface area contributed by atoms with E-state index in [1.54, 1.807) is 34.6 Å². The number of hydrogen-bond acceptors (Lipinski definition) is 10. The van der Waals surface area contributed by atoms with Crippen molar-refractivity contribution in [2.75, 3.05) is 20.4 Å². The van der Waals surface area contributed by atoms with Gasteiger partial charge < -0.3 is 28.0 Å². The summed E-state index contributed by atoms with van der Waals surface area (Å²) in [5, 5.41) is 0. The number of ether oxygens (including phenoxy) is 4. The van der Waals surface area contributed by atoms with Crippen molar-refractivity contribution < 1.29 is 46.9 Å². The Hall–Kier alpha value is -1.94. The molecule has 1 aromatic carbocycles. The highest BCUT2D eigenvalue weighted by Crippen LogP contribution is 2.47. The number of Topliss-reactive ketones (excluding diaryl/α,β-unsaturated/α-hetero) is 1. The molecule has 0 unspecified atom stereocenters. The molecule has 244 valence electrons. The summed E-state index contributed by atoms with van der Waals surface area (Å²) in [6.45, 7) is 14.7. The summed E-state index contributed by atoms with van der Waals surface area (Å²) >= 11 is 0. The summed E-state index contributed by atoms with van der Waals surface area (Å²) in [4.78, 5) is 38.6. The molecule has 1 aliphatic heterocycles. The summed E-state index contributed by atoms with van der Waals surface area (Å²) in [6.07, 6.45) is -0.461. The lowest BCUT2D eigenvalue weighted by Gasteiger charge is -2.48. The van der Waals surface area contributed by atoms with Crippen molar-refractivity contribution in [3.05, 3.63) is 35.9 Å². The van der Waals surface area contributed by atoms with E-state index >= 15 is 0 Å². The van der Waals surface area contributed by atoms with E-state index in [9.17, 15) is 18.9 Å². The standard InChI is InChI=1S/C32H51O10P/c1-11-27(32(8,20-33)39-18-25-15-13-12-14-16-25)40-30(35)24(5)29-23(4)28(41-31(6,7)42-29)22(3)17-21(2)26(34)19-43(36,37-9)38-10/h12-16,20-24,27-29H,11,17-19H2,1-10H3/t21-,22+,23-,24-,27-,28+,29+,32+/m1/s1. The fourth-order valence-corrected chi connectivity index (χ4v) is 6.75. The van der Waals surface area contributed by atoms with Gasteiger partial charge in [-0.2, -0.15) is 0 Å². The van der Waals surface area contributed by atoms with Gasteiger partial charge in [-0.3, -0.25) is 18.9 Å². The summed E-state index contributed by atoms with van der Waals surface area (Å²) in [6, 6.07) is 9.48. The molecule has 1 heterocycles. The van der Waals surface area contributed by atoms with E-state index in [1.807, 2.05) is 51.1 Å². The van der Waals surface area contributed by atoms with Crippen molar-refractivity contribution in [3.63, 3.8) is 0 Å². The Morgan fingerprint density at radius 2 is 1.65 bits per heavy atom. The highest BCUT2D eigenvalue weighted by molar-refractivity contribution is 7.54. The Kier molecular flexibility index (Phi) is 13.7. The Balaban J connectivity index is 2.14. The zero-order chi connectivity index (χ0) is 32.6. The summed E-state index contributed by atoms with van der Waals surface area (Å²) in [5.74, 6) is -3.14. The monoisotopic (exact) mass is 626 g/mol. The van der Waals surface area contributed by atoms with Gasteiger partial charge in [0.15, 0.2) is 17.7 Å². The minimum Gasteiger partial charge on any atom is -0.459 e. The summed E-state index contributed by atoms with van der Waals surface area (Å²) in [7, 11) is -0.945. The lowest BCUT2D eigenvalue weighted by atomic mass is 9.79. The Labute approximate surface area is 257 Å². The molecule has 0 aliphatic carbocycles. The molecule has 0 N–H and O–H groups in total. The number of hydrogen-bond donors (Lipinski definition) is 0. The van der Waals surface area contributed by atoms with Gasteiger partial charge in [-0.15, -0.1) is 0 Å². The molecule has 2 rings (SSSR count). The molecule has 0 bridgehead atoms. The Morgan fingerprint density at radius 1 is 1.07 bits per heavy atom. The summed E-state index contributed by atoms with van der Waals surface area (Å²) in [5.41, 5.74) is -0.434. The van der Waals surface area contributed by atoms with Crippen LogP contribution in [-0.4, -0.2) is 68.1 Å². The lowest BCUT2D eigenvalue weighted by molar-refractivity contribution is -0.334. The lowest BCUT2D eigenvalue weighted by Crippen LogP contribution is -2.56. The number of ketones is 1. The molecule has 0 spiro atoms. The number of esters is 1. The zero-order valence-electron chi connectivity index (χ0n) is 27.4. The van der Waals surface area contributed by atoms with Crippen molar-refractivity contribution in [1.82, 2.24) is 0 Å². The van der Waals surface area contributed by atoms with Gasteiger partial charge in [0.2, 0.25) is 0 Å². The fourth-order valence-electron chi connectivity index (χ4n) is 5.65. The fraction of sp³-hybridized carbons (Fsp3) is 0.719. The average molecular weight is 627 g/mol. The van der Waals surface area contributed by atoms with Crippen LogP contribution in [0, 0.1) is 23.7 Å². The van der Waals surface area contributed by atoms with Crippen LogP contribution in [0.2, 0.25) is 0 Å². The largest absolute Gasteiger partial charge is 0.459 e. The van der Waals surface area contributed by atoms with Crippen LogP contribution in [0.1, 0.15) is 73.8 Å². The van der Waals surface area contributed by atoms with Gasteiger partial charge >= 0.3 is 13.6 Å². The maximum atomic E-state index is 13.5. The minimum atomic E-state index is -3.47. The molecule has 1 aromatic rings. The topological polar surface area (TPSA) is 124 Å². The van der Waals surface area contributed by atoms with Crippen LogP contribution in [0.5, 0.6) is 0 Å². The maximum Gasteiger partial charge on any atom is 0.337 e. The van der Waals surface area contributed by atoms with E-state index < -0.39 is 49.0 Å². The molecule has 10 nitrogen and oxygen atoms in total. The van der Waals surface area contributed by atoms with Crippen molar-refractivity contribution in [2.45, 2.75) is 105 Å². The molecule has 11 heteroatoms. The summed E-state index contributed by atoms with van der Waals surface area (Å²) < 4.78 is 46.8. The first-order valence-electron chi connectivity index (χ1n) is 15.0. The first-order valence-corrected chi connectivity index (χ1v) is 16.7. The molecular formula is C32H51O10P. The normalized spacial score (nSPS) is 24.7. The van der Waals surface area contributed by atoms with Crippen LogP contribution in [-0.2, 0) is 53.6 Å². The number of rotatable bonds is 17. The number of benzene rings is 1. The van der Waals surface area contributed by atoms with Crippen LogP contribution in [0.4, 0.5) is 0 Å². The predicted molar refractivity (Wildman–Crippen MR) is 162 cm³/mol. The third-order valence-corrected chi connectivity index (χ3v) is 10.2. The molecule has 0 saturated carbocycles. The van der Waals surface area contributed by atoms with E-state index in [0.717, 1.165) is 5.56 Å². The van der Waals surface area contributed by atoms with Crippen molar-refractivity contribution in [3.8, 4) is 0 Å². The first kappa shape index (κ1) is 37.2. The maximum absolute atomic E-state index is 13.5. The van der Waals surface area contributed by atoms with Crippen molar-refractivity contribution in [2.24, 2.45) is 23.7 Å². The number of aldehydes is 1. The molecule has 8 atom stereocenters. The smallest absolute Gasteiger partial charge is 0.337 e. The van der Waals surface area contributed by atoms with E-state index in [2.05, 4.69) is 0 Å². The Bertz CT molecular complexity index is 1100. The molecule has 1 saturated heterocycles. The molecule has 43 heavy (non-hydrogen) atoms. The van der Waals surface area contributed by atoms with Gasteiger partial charge in [0, 0.05) is 26.1 Å². The van der Waals surface area contributed by atoms with Crippen LogP contribution in [0.25, 0.3) is 0 Å². The Morgan fingerprint density at radius 3 is 2.19 bits per heavy atom. The second-order valence-corrected chi connectivity index (χ2v) is 14.6. The van der Waals surface area contributed by atoms with Gasteiger partial charge in [-0.25, -0.2) is 0 Å². The zero-order valence-corrected chi connectivity index (χ0v) is 28.3. The molecule has 0 radical (unpaired) electrons. The SMILES string of the molecule is CC[C@@H](OC(=O)[C@H](C)[C@H]1OC(C)(C)O[C@@H]([C@@H](C)C[C@@H](C)C(=O)CP(=O)(OC)OC)[C@H]1C)[C@](C)(C=O)OCc1ccccc1. The second-order valence-electron chi connectivity index (χ2n) is 12.3. The second kappa shape index (κ2) is 15.9. The van der Waals surface area contributed by atoms with Gasteiger partial charge in [-0.05, 0) is 52.0 Å². The van der Waals surface area contributed by atoms with Crippen LogP contribution in [0.3, 0.4) is 0 Å². The van der Waals surface area contributed by atoms with Gasteiger partial charge in [0.1, 0.15) is 18.0 Å². The predicted octanol–water partition coefficient (Wildman–Crippen LogP) is 5.99. The molecule has 1 aliphatic rings. The third kappa shape index (κ3) is 10.0. The van der Waals surface area contributed by atoms with E-state index in [4.69, 9.17) is 28.0 Å². The van der Waals surface area contributed by atoms with Crippen LogP contribution < -0.4 is 0 Å². The molecular weight excluding hydrogens is 575 g/mol. The van der Waals surface area contributed by atoms with Crippen LogP contribution in [0.15, 0.2) is 30.3 Å². The van der Waals surface area contributed by atoms with Crippen molar-refractivity contribution in [1.29, 1.82) is 0 Å². The van der Waals surface area contributed by atoms with Gasteiger partial charge in [0.25, 0.3) is 0 Å². The molecule has 1 fully saturated rings. The highest BCUT2D eigenvalue weighted by atomic mass is 31.2. The van der Waals surface area contributed by atoms with E-state index in [0.29, 0.717) is 19.1 Å². The quantitative estimate of drug-likeness (QED) is 0.116. The molecule has 0 aromatic heterocycles. The highest BCUT2D eigenvalue weighted by Gasteiger charge is 2.48. The number of carbonyl (C=O) groups is 3. The van der Waals surface area contributed by atoms with Gasteiger partial charge in [0.05, 0.1) is 24.7 Å². The van der Waals surface area contributed by atoms with E-state index in [-0.39, 0.29) is 36.5 Å². The molecule has 0 amide bonds.